The minimum atomic E-state index is -0.577. The third-order valence-corrected chi connectivity index (χ3v) is 7.29. The van der Waals surface area contributed by atoms with Crippen LogP contribution in [0.4, 0.5) is 0 Å². The molecule has 0 aliphatic carbocycles. The van der Waals surface area contributed by atoms with Gasteiger partial charge in [0.2, 0.25) is 5.91 Å². The Hall–Kier alpha value is 0.195. The molecule has 126 valence electrons. The van der Waals surface area contributed by atoms with Gasteiger partial charge in [-0.25, -0.2) is 0 Å². The number of carbonyl (C=O) groups excluding carboxylic acids is 1. The largest absolute Gasteiger partial charge is 0.385 e. The summed E-state index contributed by atoms with van der Waals surface area (Å²) in [5.41, 5.74) is -0.843. The molecule has 0 bridgehead atoms. The average Bonchev–Trinajstić information content (AvgIpc) is 2.91. The van der Waals surface area contributed by atoms with Crippen molar-refractivity contribution in [2.75, 3.05) is 12.4 Å². The Kier molecular flexibility index (Phi) is 8.17. The van der Waals surface area contributed by atoms with E-state index < -0.39 is 5.50 Å². The summed E-state index contributed by atoms with van der Waals surface area (Å²) in [4.78, 5) is 12.2. The first-order chi connectivity index (χ1) is 10.2. The smallest absolute Gasteiger partial charge is 0.220 e. The summed E-state index contributed by atoms with van der Waals surface area (Å²) in [6.45, 7) is 10.7. The fraction of sp³-hybridized carbons (Fsp3) is 0.938. The molecule has 3 nitrogen and oxygen atoms in total. The van der Waals surface area contributed by atoms with Gasteiger partial charge in [0.05, 0.1) is 0 Å². The molecule has 0 aromatic carbocycles. The molecule has 1 saturated heterocycles. The summed E-state index contributed by atoms with van der Waals surface area (Å²) in [6.07, 6.45) is 3.35. The van der Waals surface area contributed by atoms with E-state index in [0.717, 1.165) is 12.8 Å². The van der Waals surface area contributed by atoms with Crippen LogP contribution in [0, 0.1) is 5.92 Å². The molecule has 0 aromatic heterocycles. The van der Waals surface area contributed by atoms with Crippen molar-refractivity contribution in [1.29, 1.82) is 0 Å². The number of carbonyl (C=O) groups is 1. The summed E-state index contributed by atoms with van der Waals surface area (Å²) >= 11 is 0. The van der Waals surface area contributed by atoms with Gasteiger partial charge in [0, 0.05) is 35.1 Å². The molecule has 3 unspecified atom stereocenters. The molecule has 1 amide bonds. The molecule has 22 heavy (non-hydrogen) atoms. The molecule has 0 saturated carbocycles. The molecule has 1 aliphatic rings. The highest BCUT2D eigenvalue weighted by Gasteiger charge is 2.27. The van der Waals surface area contributed by atoms with Crippen molar-refractivity contribution in [3.8, 4) is 0 Å². The molecular formula is C16H30BNO2S2. The number of rotatable bonds is 9. The van der Waals surface area contributed by atoms with Gasteiger partial charge in [-0.05, 0) is 46.0 Å². The quantitative estimate of drug-likeness (QED) is 0.511. The second-order valence-electron chi connectivity index (χ2n) is 7.12. The Labute approximate surface area is 145 Å². The number of amides is 1. The van der Waals surface area contributed by atoms with E-state index in [-0.39, 0.29) is 11.4 Å². The highest BCUT2D eigenvalue weighted by Crippen LogP contribution is 2.42. The van der Waals surface area contributed by atoms with Crippen molar-refractivity contribution in [2.45, 2.75) is 76.6 Å². The average molecular weight is 343 g/mol. The minimum absolute atomic E-state index is 0.140. The molecule has 1 heterocycles. The number of ether oxygens (including phenoxy) is 1. The lowest BCUT2D eigenvalue weighted by atomic mass is 9.81. The van der Waals surface area contributed by atoms with Crippen molar-refractivity contribution in [2.24, 2.45) is 5.92 Å². The van der Waals surface area contributed by atoms with E-state index in [1.54, 1.807) is 0 Å². The summed E-state index contributed by atoms with van der Waals surface area (Å²) in [7, 11) is 9.82. The molecule has 1 aliphatic heterocycles. The van der Waals surface area contributed by atoms with Gasteiger partial charge >= 0.3 is 0 Å². The van der Waals surface area contributed by atoms with Gasteiger partial charge in [0.25, 0.3) is 0 Å². The van der Waals surface area contributed by atoms with Crippen LogP contribution in [0.15, 0.2) is 0 Å². The standard InChI is InChI=1S/C16H30BNO2S2/c1-6-16(5,17)20-9-8-15(3,4)18-14(19)11-12(2)13-7-10-21-22-13/h12-13H,6-11H2,1-5H3,(H,18,19). The van der Waals surface area contributed by atoms with E-state index in [0.29, 0.717) is 24.2 Å². The third kappa shape index (κ3) is 7.65. The SMILES string of the molecule is [B]C(C)(CC)OCCC(C)(C)NC(=O)CC(C)C1CCSS1. The first-order valence-electron chi connectivity index (χ1n) is 8.17. The maximum Gasteiger partial charge on any atom is 0.220 e. The van der Waals surface area contributed by atoms with Gasteiger partial charge in [-0.1, -0.05) is 35.4 Å². The van der Waals surface area contributed by atoms with E-state index >= 15 is 0 Å². The van der Waals surface area contributed by atoms with Crippen LogP contribution in [0.5, 0.6) is 0 Å². The van der Waals surface area contributed by atoms with Crippen LogP contribution in [-0.4, -0.2) is 42.4 Å². The van der Waals surface area contributed by atoms with Crippen molar-refractivity contribution >= 4 is 35.3 Å². The Morgan fingerprint density at radius 3 is 2.68 bits per heavy atom. The van der Waals surface area contributed by atoms with Gasteiger partial charge in [-0.2, -0.15) is 0 Å². The first kappa shape index (κ1) is 20.2. The third-order valence-electron chi connectivity index (χ3n) is 4.16. The topological polar surface area (TPSA) is 38.3 Å². The molecule has 1 fully saturated rings. The van der Waals surface area contributed by atoms with E-state index in [9.17, 15) is 4.79 Å². The first-order valence-corrected chi connectivity index (χ1v) is 10.6. The van der Waals surface area contributed by atoms with Crippen LogP contribution >= 0.6 is 21.6 Å². The predicted molar refractivity (Wildman–Crippen MR) is 99.5 cm³/mol. The fourth-order valence-corrected chi connectivity index (χ4v) is 5.51. The molecule has 3 atom stereocenters. The maximum absolute atomic E-state index is 12.2. The molecule has 0 aromatic rings. The lowest BCUT2D eigenvalue weighted by molar-refractivity contribution is -0.123. The van der Waals surface area contributed by atoms with Crippen LogP contribution in [-0.2, 0) is 9.53 Å². The van der Waals surface area contributed by atoms with E-state index in [2.05, 4.69) is 12.2 Å². The monoisotopic (exact) mass is 343 g/mol. The zero-order chi connectivity index (χ0) is 16.8. The molecule has 2 radical (unpaired) electrons. The number of hydrogen-bond donors (Lipinski definition) is 1. The summed E-state index contributed by atoms with van der Waals surface area (Å²) < 4.78 is 5.68. The van der Waals surface area contributed by atoms with Crippen LogP contribution in [0.25, 0.3) is 0 Å². The van der Waals surface area contributed by atoms with Crippen molar-refractivity contribution in [3.63, 3.8) is 0 Å². The highest BCUT2D eigenvalue weighted by molar-refractivity contribution is 8.77. The van der Waals surface area contributed by atoms with Crippen LogP contribution in [0.1, 0.15) is 60.3 Å². The summed E-state index contributed by atoms with van der Waals surface area (Å²) in [6, 6.07) is 0. The van der Waals surface area contributed by atoms with Crippen molar-refractivity contribution in [1.82, 2.24) is 5.32 Å². The molecular weight excluding hydrogens is 313 g/mol. The summed E-state index contributed by atoms with van der Waals surface area (Å²) in [5.74, 6) is 1.78. The second kappa shape index (κ2) is 8.88. The predicted octanol–water partition coefficient (Wildman–Crippen LogP) is 3.76. The van der Waals surface area contributed by atoms with Crippen LogP contribution < -0.4 is 5.32 Å². The van der Waals surface area contributed by atoms with E-state index in [1.807, 2.05) is 49.3 Å². The summed E-state index contributed by atoms with van der Waals surface area (Å²) in [5, 5.41) is 3.75. The zero-order valence-corrected chi connectivity index (χ0v) is 16.2. The number of nitrogens with one attached hydrogen (secondary N) is 1. The normalized spacial score (nSPS) is 23.0. The maximum atomic E-state index is 12.2. The van der Waals surface area contributed by atoms with E-state index in [1.165, 1.54) is 12.2 Å². The second-order valence-corrected chi connectivity index (χ2v) is 9.85. The van der Waals surface area contributed by atoms with Crippen LogP contribution in [0.3, 0.4) is 0 Å². The van der Waals surface area contributed by atoms with Crippen LogP contribution in [0.2, 0.25) is 0 Å². The minimum Gasteiger partial charge on any atom is -0.385 e. The van der Waals surface area contributed by atoms with Gasteiger partial charge in [0.1, 0.15) is 7.85 Å². The lowest BCUT2D eigenvalue weighted by Crippen LogP contribution is -2.45. The number of hydrogen-bond acceptors (Lipinski definition) is 4. The molecule has 1 N–H and O–H groups in total. The van der Waals surface area contributed by atoms with Gasteiger partial charge in [-0.15, -0.1) is 0 Å². The molecule has 1 rings (SSSR count). The van der Waals surface area contributed by atoms with Crippen molar-refractivity contribution < 1.29 is 9.53 Å². The van der Waals surface area contributed by atoms with E-state index in [4.69, 9.17) is 12.6 Å². The highest BCUT2D eigenvalue weighted by atomic mass is 33.1. The molecule has 0 spiro atoms. The Morgan fingerprint density at radius 1 is 1.45 bits per heavy atom. The lowest BCUT2D eigenvalue weighted by Gasteiger charge is -2.30. The van der Waals surface area contributed by atoms with Gasteiger partial charge < -0.3 is 10.1 Å². The zero-order valence-electron chi connectivity index (χ0n) is 14.6. The fourth-order valence-electron chi connectivity index (χ4n) is 2.28. The van der Waals surface area contributed by atoms with Gasteiger partial charge in [-0.3, -0.25) is 4.79 Å². The van der Waals surface area contributed by atoms with Crippen molar-refractivity contribution in [3.05, 3.63) is 0 Å². The molecule has 6 heteroatoms. The Morgan fingerprint density at radius 2 is 2.14 bits per heavy atom. The Bertz CT molecular complexity index is 358. The Balaban J connectivity index is 2.31. The van der Waals surface area contributed by atoms with Gasteiger partial charge in [0.15, 0.2) is 0 Å².